The lowest BCUT2D eigenvalue weighted by Crippen LogP contribution is -2.31. The Hall–Kier alpha value is -1.58. The van der Waals surface area contributed by atoms with Gasteiger partial charge in [-0.25, -0.2) is 0 Å². The van der Waals surface area contributed by atoms with Crippen molar-refractivity contribution in [2.45, 2.75) is 38.6 Å². The van der Waals surface area contributed by atoms with Crippen LogP contribution in [-0.2, 0) is 6.42 Å². The number of nitrogens with two attached hydrogens (primary N) is 1. The number of hydrogen-bond acceptors (Lipinski definition) is 3. The van der Waals surface area contributed by atoms with Gasteiger partial charge in [0.2, 0.25) is 0 Å². The SMILES string of the molecule is Cc1cc(C(CC2Cc3ccccc32)NN)c(C)o1. The Morgan fingerprint density at radius 3 is 2.79 bits per heavy atom. The van der Waals surface area contributed by atoms with Crippen LogP contribution in [0, 0.1) is 13.8 Å². The van der Waals surface area contributed by atoms with Crippen molar-refractivity contribution in [2.75, 3.05) is 0 Å². The Morgan fingerprint density at radius 1 is 1.37 bits per heavy atom. The predicted molar refractivity (Wildman–Crippen MR) is 75.8 cm³/mol. The number of rotatable bonds is 4. The van der Waals surface area contributed by atoms with Crippen LogP contribution >= 0.6 is 0 Å². The lowest BCUT2D eigenvalue weighted by atomic mass is 9.74. The van der Waals surface area contributed by atoms with Gasteiger partial charge in [-0.05, 0) is 49.8 Å². The summed E-state index contributed by atoms with van der Waals surface area (Å²) in [5, 5.41) is 0. The van der Waals surface area contributed by atoms with Crippen LogP contribution in [-0.4, -0.2) is 0 Å². The molecule has 2 unspecified atom stereocenters. The quantitative estimate of drug-likeness (QED) is 0.652. The molecule has 2 aromatic rings. The minimum absolute atomic E-state index is 0.163. The molecule has 2 atom stereocenters. The normalized spacial score (nSPS) is 18.8. The largest absolute Gasteiger partial charge is 0.466 e. The maximum absolute atomic E-state index is 5.74. The van der Waals surface area contributed by atoms with Gasteiger partial charge in [-0.15, -0.1) is 0 Å². The van der Waals surface area contributed by atoms with Gasteiger partial charge in [0.25, 0.3) is 0 Å². The molecule has 0 amide bonds. The average Bonchev–Trinajstić information content (AvgIpc) is 2.70. The monoisotopic (exact) mass is 256 g/mol. The molecule has 0 fully saturated rings. The molecule has 3 nitrogen and oxygen atoms in total. The van der Waals surface area contributed by atoms with Crippen molar-refractivity contribution in [3.05, 3.63) is 58.5 Å². The fourth-order valence-electron chi connectivity index (χ4n) is 3.14. The molecule has 0 aliphatic heterocycles. The third kappa shape index (κ3) is 2.20. The molecule has 1 aromatic carbocycles. The summed E-state index contributed by atoms with van der Waals surface area (Å²) >= 11 is 0. The van der Waals surface area contributed by atoms with E-state index in [2.05, 4.69) is 35.8 Å². The number of fused-ring (bicyclic) bond motifs is 1. The number of hydrogen-bond donors (Lipinski definition) is 2. The van der Waals surface area contributed by atoms with Gasteiger partial charge in [-0.1, -0.05) is 24.3 Å². The van der Waals surface area contributed by atoms with Gasteiger partial charge in [-0.2, -0.15) is 0 Å². The highest BCUT2D eigenvalue weighted by Crippen LogP contribution is 2.41. The Labute approximate surface area is 113 Å². The number of aryl methyl sites for hydroxylation is 2. The van der Waals surface area contributed by atoms with E-state index < -0.39 is 0 Å². The van der Waals surface area contributed by atoms with E-state index >= 15 is 0 Å². The first kappa shape index (κ1) is 12.5. The standard InChI is InChI=1S/C16H20N2O/c1-10-7-15(11(2)19-10)16(18-17)9-13-8-12-5-3-4-6-14(12)13/h3-7,13,16,18H,8-9,17H2,1-2H3. The van der Waals surface area contributed by atoms with Crippen molar-refractivity contribution in [3.8, 4) is 0 Å². The van der Waals surface area contributed by atoms with Gasteiger partial charge in [-0.3, -0.25) is 11.3 Å². The van der Waals surface area contributed by atoms with E-state index in [4.69, 9.17) is 10.3 Å². The molecular formula is C16H20N2O. The van der Waals surface area contributed by atoms with Gasteiger partial charge in [0.1, 0.15) is 11.5 Å². The molecule has 1 aliphatic carbocycles. The van der Waals surface area contributed by atoms with Crippen LogP contribution in [0.15, 0.2) is 34.7 Å². The Balaban J connectivity index is 1.77. The van der Waals surface area contributed by atoms with Crippen LogP contribution < -0.4 is 11.3 Å². The molecule has 0 saturated heterocycles. The summed E-state index contributed by atoms with van der Waals surface area (Å²) in [6.45, 7) is 3.98. The second kappa shape index (κ2) is 4.83. The molecule has 19 heavy (non-hydrogen) atoms. The summed E-state index contributed by atoms with van der Waals surface area (Å²) in [7, 11) is 0. The first-order chi connectivity index (χ1) is 9.19. The van der Waals surface area contributed by atoms with Crippen molar-refractivity contribution in [1.82, 2.24) is 5.43 Å². The third-order valence-corrected chi connectivity index (χ3v) is 4.14. The fraction of sp³-hybridized carbons (Fsp3) is 0.375. The van der Waals surface area contributed by atoms with Gasteiger partial charge >= 0.3 is 0 Å². The van der Waals surface area contributed by atoms with Crippen LogP contribution in [0.25, 0.3) is 0 Å². The fourth-order valence-corrected chi connectivity index (χ4v) is 3.14. The zero-order valence-electron chi connectivity index (χ0n) is 11.4. The lowest BCUT2D eigenvalue weighted by molar-refractivity contribution is 0.425. The zero-order chi connectivity index (χ0) is 13.4. The first-order valence-corrected chi connectivity index (χ1v) is 6.80. The molecule has 3 heteroatoms. The molecule has 0 bridgehead atoms. The maximum Gasteiger partial charge on any atom is 0.105 e. The number of furan rings is 1. The molecule has 1 aliphatic rings. The molecule has 3 N–H and O–H groups in total. The molecule has 3 rings (SSSR count). The van der Waals surface area contributed by atoms with Crippen molar-refractivity contribution >= 4 is 0 Å². The van der Waals surface area contributed by atoms with E-state index in [1.165, 1.54) is 16.7 Å². The highest BCUT2D eigenvalue weighted by Gasteiger charge is 2.29. The smallest absolute Gasteiger partial charge is 0.105 e. The summed E-state index contributed by atoms with van der Waals surface area (Å²) in [6, 6.07) is 10.9. The highest BCUT2D eigenvalue weighted by atomic mass is 16.3. The molecule has 0 saturated carbocycles. The topological polar surface area (TPSA) is 51.2 Å². The number of nitrogens with one attached hydrogen (secondary N) is 1. The second-order valence-electron chi connectivity index (χ2n) is 5.42. The molecule has 0 spiro atoms. The Kier molecular flexibility index (Phi) is 3.17. The van der Waals surface area contributed by atoms with Crippen LogP contribution in [0.3, 0.4) is 0 Å². The minimum Gasteiger partial charge on any atom is -0.466 e. The van der Waals surface area contributed by atoms with E-state index in [9.17, 15) is 0 Å². The molecule has 100 valence electrons. The average molecular weight is 256 g/mol. The van der Waals surface area contributed by atoms with Gasteiger partial charge in [0.15, 0.2) is 0 Å². The molecule has 1 aromatic heterocycles. The summed E-state index contributed by atoms with van der Waals surface area (Å²) in [5.41, 5.74) is 7.08. The van der Waals surface area contributed by atoms with Gasteiger partial charge in [0.05, 0.1) is 6.04 Å². The van der Waals surface area contributed by atoms with Crippen molar-refractivity contribution in [3.63, 3.8) is 0 Å². The molecular weight excluding hydrogens is 236 g/mol. The van der Waals surface area contributed by atoms with Gasteiger partial charge in [0, 0.05) is 5.56 Å². The van der Waals surface area contributed by atoms with Crippen molar-refractivity contribution in [2.24, 2.45) is 5.84 Å². The van der Waals surface area contributed by atoms with E-state index in [0.717, 1.165) is 24.4 Å². The third-order valence-electron chi connectivity index (χ3n) is 4.14. The van der Waals surface area contributed by atoms with E-state index in [1.807, 2.05) is 13.8 Å². The predicted octanol–water partition coefficient (Wildman–Crippen LogP) is 3.13. The summed E-state index contributed by atoms with van der Waals surface area (Å²) < 4.78 is 5.60. The van der Waals surface area contributed by atoms with E-state index in [0.29, 0.717) is 5.92 Å². The highest BCUT2D eigenvalue weighted by molar-refractivity contribution is 5.40. The van der Waals surface area contributed by atoms with Crippen molar-refractivity contribution < 1.29 is 4.42 Å². The Bertz CT molecular complexity index is 588. The summed E-state index contributed by atoms with van der Waals surface area (Å²) in [5.74, 6) is 8.25. The molecule has 1 heterocycles. The first-order valence-electron chi connectivity index (χ1n) is 6.80. The minimum atomic E-state index is 0.163. The van der Waals surface area contributed by atoms with Crippen LogP contribution in [0.5, 0.6) is 0 Å². The molecule has 0 radical (unpaired) electrons. The van der Waals surface area contributed by atoms with E-state index in [-0.39, 0.29) is 6.04 Å². The zero-order valence-corrected chi connectivity index (χ0v) is 11.4. The van der Waals surface area contributed by atoms with Gasteiger partial charge < -0.3 is 4.42 Å². The Morgan fingerprint density at radius 2 is 2.16 bits per heavy atom. The number of benzene rings is 1. The van der Waals surface area contributed by atoms with Crippen LogP contribution in [0.4, 0.5) is 0 Å². The second-order valence-corrected chi connectivity index (χ2v) is 5.42. The lowest BCUT2D eigenvalue weighted by Gasteiger charge is -2.32. The summed E-state index contributed by atoms with van der Waals surface area (Å²) in [4.78, 5) is 0. The number of hydrazine groups is 1. The van der Waals surface area contributed by atoms with Crippen LogP contribution in [0.1, 0.15) is 46.6 Å². The maximum atomic E-state index is 5.74. The van der Waals surface area contributed by atoms with E-state index in [1.54, 1.807) is 0 Å². The summed E-state index contributed by atoms with van der Waals surface area (Å²) in [6.07, 6.45) is 2.18. The van der Waals surface area contributed by atoms with Crippen LogP contribution in [0.2, 0.25) is 0 Å². The van der Waals surface area contributed by atoms with Crippen molar-refractivity contribution in [1.29, 1.82) is 0 Å².